The van der Waals surface area contributed by atoms with E-state index in [1.165, 1.54) is 5.56 Å². The summed E-state index contributed by atoms with van der Waals surface area (Å²) in [5.41, 5.74) is 3.00. The van der Waals surface area contributed by atoms with E-state index in [1.54, 1.807) is 7.11 Å². The van der Waals surface area contributed by atoms with E-state index in [4.69, 9.17) is 9.16 Å². The third-order valence-electron chi connectivity index (χ3n) is 2.79. The minimum absolute atomic E-state index is 0.499. The van der Waals surface area contributed by atoms with Crippen molar-refractivity contribution in [3.63, 3.8) is 0 Å². The maximum Gasteiger partial charge on any atom is 0.167 e. The van der Waals surface area contributed by atoms with Gasteiger partial charge in [0.2, 0.25) is 0 Å². The number of methoxy groups -OCH3 is 1. The van der Waals surface area contributed by atoms with Crippen molar-refractivity contribution in [2.24, 2.45) is 0 Å². The normalized spacial score (nSPS) is 13.1. The van der Waals surface area contributed by atoms with E-state index in [-0.39, 0.29) is 0 Å². The lowest BCUT2D eigenvalue weighted by atomic mass is 10.1. The first-order chi connectivity index (χ1) is 8.30. The van der Waals surface area contributed by atoms with Crippen LogP contribution in [-0.4, -0.2) is 23.5 Å². The Morgan fingerprint density at radius 2 is 2.29 bits per heavy atom. The molecule has 1 aromatic carbocycles. The first-order valence-corrected chi connectivity index (χ1v) is 7.47. The van der Waals surface area contributed by atoms with Crippen LogP contribution in [0.25, 0.3) is 6.08 Å². The largest absolute Gasteiger partial charge is 0.419 e. The SMILES string of the molecule is C=Cc1cccc(CO[SiH2]C(CC)COC)c1. The third kappa shape index (κ3) is 5.30. The van der Waals surface area contributed by atoms with Gasteiger partial charge >= 0.3 is 0 Å². The molecular weight excluding hydrogens is 228 g/mol. The van der Waals surface area contributed by atoms with Crippen molar-refractivity contribution in [2.75, 3.05) is 13.7 Å². The molecule has 0 bridgehead atoms. The smallest absolute Gasteiger partial charge is 0.167 e. The van der Waals surface area contributed by atoms with Crippen molar-refractivity contribution in [3.05, 3.63) is 42.0 Å². The van der Waals surface area contributed by atoms with Crippen LogP contribution in [-0.2, 0) is 15.8 Å². The van der Waals surface area contributed by atoms with Crippen molar-refractivity contribution < 1.29 is 9.16 Å². The highest BCUT2D eigenvalue weighted by Crippen LogP contribution is 2.11. The van der Waals surface area contributed by atoms with E-state index in [9.17, 15) is 0 Å². The van der Waals surface area contributed by atoms with Gasteiger partial charge in [-0.3, -0.25) is 0 Å². The lowest BCUT2D eigenvalue weighted by Gasteiger charge is -2.13. The van der Waals surface area contributed by atoms with E-state index in [1.807, 2.05) is 18.2 Å². The van der Waals surface area contributed by atoms with Gasteiger partial charge in [-0.1, -0.05) is 44.2 Å². The van der Waals surface area contributed by atoms with Gasteiger partial charge in [-0.2, -0.15) is 0 Å². The van der Waals surface area contributed by atoms with Gasteiger partial charge in [0, 0.05) is 13.7 Å². The van der Waals surface area contributed by atoms with Crippen molar-refractivity contribution in [2.45, 2.75) is 25.5 Å². The second kappa shape index (κ2) is 8.23. The number of rotatable bonds is 8. The van der Waals surface area contributed by atoms with Gasteiger partial charge in [0.15, 0.2) is 9.76 Å². The fraction of sp³-hybridized carbons (Fsp3) is 0.429. The van der Waals surface area contributed by atoms with Gasteiger partial charge in [-0.25, -0.2) is 0 Å². The minimum Gasteiger partial charge on any atom is -0.419 e. The topological polar surface area (TPSA) is 18.5 Å². The summed E-state index contributed by atoms with van der Waals surface area (Å²) in [4.78, 5) is 0. The Labute approximate surface area is 107 Å². The van der Waals surface area contributed by atoms with Crippen molar-refractivity contribution in [1.82, 2.24) is 0 Å². The summed E-state index contributed by atoms with van der Waals surface area (Å²) in [7, 11) is 1.26. The monoisotopic (exact) mass is 250 g/mol. The summed E-state index contributed by atoms with van der Waals surface area (Å²) < 4.78 is 11.0. The highest BCUT2D eigenvalue weighted by atomic mass is 28.2. The maximum atomic E-state index is 5.85. The number of hydrogen-bond donors (Lipinski definition) is 0. The second-order valence-corrected chi connectivity index (χ2v) is 6.09. The lowest BCUT2D eigenvalue weighted by molar-refractivity contribution is 0.186. The zero-order valence-corrected chi connectivity index (χ0v) is 12.2. The van der Waals surface area contributed by atoms with Crippen molar-refractivity contribution in [1.29, 1.82) is 0 Å². The number of hydrogen-bond acceptors (Lipinski definition) is 2. The second-order valence-electron chi connectivity index (χ2n) is 4.19. The first-order valence-electron chi connectivity index (χ1n) is 6.08. The molecule has 0 aliphatic carbocycles. The van der Waals surface area contributed by atoms with Crippen LogP contribution >= 0.6 is 0 Å². The summed E-state index contributed by atoms with van der Waals surface area (Å²) in [6.07, 6.45) is 3.01. The molecule has 0 N–H and O–H groups in total. The average Bonchev–Trinajstić information content (AvgIpc) is 2.38. The molecule has 1 atom stereocenters. The lowest BCUT2D eigenvalue weighted by Crippen LogP contribution is -2.12. The molecule has 0 amide bonds. The van der Waals surface area contributed by atoms with Crippen LogP contribution in [0.4, 0.5) is 0 Å². The zero-order valence-electron chi connectivity index (χ0n) is 10.8. The van der Waals surface area contributed by atoms with E-state index < -0.39 is 9.76 Å². The van der Waals surface area contributed by atoms with Crippen LogP contribution in [0.3, 0.4) is 0 Å². The highest BCUT2D eigenvalue weighted by Gasteiger charge is 2.07. The van der Waals surface area contributed by atoms with E-state index >= 15 is 0 Å². The summed E-state index contributed by atoms with van der Waals surface area (Å²) in [5, 5.41) is 0. The minimum atomic E-state index is -0.499. The van der Waals surface area contributed by atoms with Gasteiger partial charge in [0.1, 0.15) is 0 Å². The molecular formula is C14H22O2Si. The molecule has 3 heteroatoms. The molecule has 0 saturated carbocycles. The molecule has 2 nitrogen and oxygen atoms in total. The van der Waals surface area contributed by atoms with E-state index in [2.05, 4.69) is 25.6 Å². The molecule has 0 aromatic heterocycles. The fourth-order valence-corrected chi connectivity index (χ4v) is 2.93. The van der Waals surface area contributed by atoms with E-state index in [0.29, 0.717) is 12.1 Å². The van der Waals surface area contributed by atoms with Crippen molar-refractivity contribution in [3.8, 4) is 0 Å². The Bertz CT molecular complexity index is 339. The molecule has 1 rings (SSSR count). The van der Waals surface area contributed by atoms with Crippen LogP contribution in [0.2, 0.25) is 5.54 Å². The Kier molecular flexibility index (Phi) is 6.85. The predicted molar refractivity (Wildman–Crippen MR) is 75.8 cm³/mol. The molecule has 0 aliphatic rings. The Morgan fingerprint density at radius 3 is 2.94 bits per heavy atom. The van der Waals surface area contributed by atoms with Crippen LogP contribution < -0.4 is 0 Å². The number of benzene rings is 1. The predicted octanol–water partition coefficient (Wildman–Crippen LogP) is 2.77. The molecule has 0 spiro atoms. The van der Waals surface area contributed by atoms with Crippen LogP contribution in [0.1, 0.15) is 24.5 Å². The summed E-state index contributed by atoms with van der Waals surface area (Å²) >= 11 is 0. The zero-order chi connectivity index (χ0) is 12.5. The molecule has 0 fully saturated rings. The Hall–Kier alpha value is -0.903. The number of ether oxygens (including phenoxy) is 1. The molecule has 1 aromatic rings. The molecule has 0 aliphatic heterocycles. The summed E-state index contributed by atoms with van der Waals surface area (Å²) in [5.74, 6) is 0. The fourth-order valence-electron chi connectivity index (χ4n) is 1.67. The molecule has 1 unspecified atom stereocenters. The van der Waals surface area contributed by atoms with Gasteiger partial charge in [-0.05, 0) is 22.7 Å². The summed E-state index contributed by atoms with van der Waals surface area (Å²) in [6, 6.07) is 8.31. The first kappa shape index (κ1) is 14.2. The molecule has 94 valence electrons. The third-order valence-corrected chi connectivity index (χ3v) is 4.51. The van der Waals surface area contributed by atoms with Gasteiger partial charge in [0.05, 0.1) is 6.61 Å². The summed E-state index contributed by atoms with van der Waals surface area (Å²) in [6.45, 7) is 7.51. The Morgan fingerprint density at radius 1 is 1.47 bits per heavy atom. The highest BCUT2D eigenvalue weighted by molar-refractivity contribution is 6.29. The quantitative estimate of drug-likeness (QED) is 0.661. The van der Waals surface area contributed by atoms with Crippen LogP contribution in [0.15, 0.2) is 30.8 Å². The van der Waals surface area contributed by atoms with Crippen molar-refractivity contribution >= 4 is 15.8 Å². The average molecular weight is 250 g/mol. The molecule has 0 radical (unpaired) electrons. The standard InChI is InChI=1S/C14H22O2Si/c1-4-12-7-6-8-13(9-12)10-16-17-14(5-2)11-15-3/h4,6-9,14H,1,5,10-11,17H2,2-3H3. The van der Waals surface area contributed by atoms with Gasteiger partial charge in [0.25, 0.3) is 0 Å². The van der Waals surface area contributed by atoms with Crippen LogP contribution in [0.5, 0.6) is 0 Å². The molecule has 0 heterocycles. The van der Waals surface area contributed by atoms with Gasteiger partial charge in [-0.15, -0.1) is 0 Å². The molecule has 17 heavy (non-hydrogen) atoms. The maximum absolute atomic E-state index is 5.85. The van der Waals surface area contributed by atoms with E-state index in [0.717, 1.165) is 18.6 Å². The van der Waals surface area contributed by atoms with Crippen LogP contribution in [0, 0.1) is 0 Å². The molecule has 0 saturated heterocycles. The Balaban J connectivity index is 2.36. The van der Waals surface area contributed by atoms with Gasteiger partial charge < -0.3 is 9.16 Å².